The van der Waals surface area contributed by atoms with Crippen molar-refractivity contribution in [1.29, 1.82) is 0 Å². The highest BCUT2D eigenvalue weighted by molar-refractivity contribution is 6.18. The van der Waals surface area contributed by atoms with Crippen molar-refractivity contribution in [1.82, 2.24) is 4.90 Å². The van der Waals surface area contributed by atoms with Crippen molar-refractivity contribution in [2.24, 2.45) is 5.92 Å². The van der Waals surface area contributed by atoms with E-state index in [9.17, 15) is 0 Å². The molecule has 1 atom stereocenters. The Hall–Kier alpha value is 0.210. The van der Waals surface area contributed by atoms with Gasteiger partial charge in [0.25, 0.3) is 0 Å². The molecular weight excluding hydrogens is 174 g/mol. The lowest BCUT2D eigenvalue weighted by atomic mass is 10.2. The second-order valence-corrected chi connectivity index (χ2v) is 4.13. The van der Waals surface area contributed by atoms with Gasteiger partial charge in [-0.05, 0) is 18.8 Å². The summed E-state index contributed by atoms with van der Waals surface area (Å²) in [5, 5.41) is 0. The van der Waals surface area contributed by atoms with Crippen LogP contribution in [0.2, 0.25) is 0 Å². The summed E-state index contributed by atoms with van der Waals surface area (Å²) in [6, 6.07) is 0.473. The third kappa shape index (κ3) is 2.12. The van der Waals surface area contributed by atoms with E-state index in [2.05, 4.69) is 4.90 Å². The molecule has 1 saturated carbocycles. The molecular formula is C9H16ClNO. The molecule has 0 N–H and O–H groups in total. The van der Waals surface area contributed by atoms with E-state index in [0.717, 1.165) is 25.7 Å². The maximum Gasteiger partial charge on any atom is 0.0634 e. The fraction of sp³-hybridized carbons (Fsp3) is 1.00. The molecule has 12 heavy (non-hydrogen) atoms. The van der Waals surface area contributed by atoms with Crippen molar-refractivity contribution >= 4 is 11.6 Å². The van der Waals surface area contributed by atoms with Gasteiger partial charge in [-0.15, -0.1) is 11.6 Å². The summed E-state index contributed by atoms with van der Waals surface area (Å²) in [6.45, 7) is 4.05. The molecule has 0 amide bonds. The number of nitrogens with zero attached hydrogens (tertiary/aromatic N) is 1. The van der Waals surface area contributed by atoms with Crippen LogP contribution in [0.25, 0.3) is 0 Å². The molecule has 1 saturated heterocycles. The Kier molecular flexibility index (Phi) is 2.89. The van der Waals surface area contributed by atoms with Crippen molar-refractivity contribution in [2.45, 2.75) is 18.9 Å². The van der Waals surface area contributed by atoms with Crippen LogP contribution in [0.4, 0.5) is 0 Å². The van der Waals surface area contributed by atoms with Gasteiger partial charge in [0.05, 0.1) is 13.2 Å². The summed E-state index contributed by atoms with van der Waals surface area (Å²) in [5.41, 5.74) is 0. The maximum atomic E-state index is 5.86. The lowest BCUT2D eigenvalue weighted by Crippen LogP contribution is -2.47. The van der Waals surface area contributed by atoms with Crippen molar-refractivity contribution < 1.29 is 4.74 Å². The largest absolute Gasteiger partial charge is 0.378 e. The minimum absolute atomic E-state index is 0.473. The molecule has 1 aliphatic carbocycles. The second kappa shape index (κ2) is 3.95. The Bertz CT molecular complexity index is 149. The highest BCUT2D eigenvalue weighted by Gasteiger charge is 2.29. The van der Waals surface area contributed by atoms with E-state index in [4.69, 9.17) is 16.3 Å². The molecule has 2 rings (SSSR count). The number of ether oxygens (including phenoxy) is 1. The van der Waals surface area contributed by atoms with Gasteiger partial charge in [-0.3, -0.25) is 4.90 Å². The third-order valence-electron chi connectivity index (χ3n) is 2.72. The van der Waals surface area contributed by atoms with Crippen LogP contribution in [0.5, 0.6) is 0 Å². The van der Waals surface area contributed by atoms with Crippen molar-refractivity contribution in [3.05, 3.63) is 0 Å². The smallest absolute Gasteiger partial charge is 0.0634 e. The predicted molar refractivity (Wildman–Crippen MR) is 49.6 cm³/mol. The van der Waals surface area contributed by atoms with E-state index in [-0.39, 0.29) is 0 Å². The SMILES string of the molecule is ClCC1COCCN1CC1CC1. The topological polar surface area (TPSA) is 12.5 Å². The van der Waals surface area contributed by atoms with Crippen LogP contribution in [-0.4, -0.2) is 43.1 Å². The first-order valence-corrected chi connectivity index (χ1v) is 5.31. The van der Waals surface area contributed by atoms with E-state index in [0.29, 0.717) is 11.9 Å². The van der Waals surface area contributed by atoms with Gasteiger partial charge < -0.3 is 4.74 Å². The third-order valence-corrected chi connectivity index (χ3v) is 3.07. The summed E-state index contributed by atoms with van der Waals surface area (Å²) < 4.78 is 5.38. The molecule has 2 aliphatic rings. The number of hydrogen-bond donors (Lipinski definition) is 0. The van der Waals surface area contributed by atoms with Gasteiger partial charge in [0, 0.05) is 25.0 Å². The quantitative estimate of drug-likeness (QED) is 0.622. The van der Waals surface area contributed by atoms with Crippen LogP contribution in [0.1, 0.15) is 12.8 Å². The number of alkyl halides is 1. The van der Waals surface area contributed by atoms with Crippen LogP contribution in [-0.2, 0) is 4.74 Å². The van der Waals surface area contributed by atoms with Crippen molar-refractivity contribution in [3.8, 4) is 0 Å². The summed E-state index contributed by atoms with van der Waals surface area (Å²) in [5.74, 6) is 1.68. The molecule has 70 valence electrons. The van der Waals surface area contributed by atoms with Crippen LogP contribution in [0, 0.1) is 5.92 Å². The minimum Gasteiger partial charge on any atom is -0.378 e. The molecule has 0 spiro atoms. The Labute approximate surface area is 78.8 Å². The van der Waals surface area contributed by atoms with E-state index in [1.54, 1.807) is 0 Å². The molecule has 0 radical (unpaired) electrons. The molecule has 1 unspecified atom stereocenters. The lowest BCUT2D eigenvalue weighted by molar-refractivity contribution is -0.000987. The summed E-state index contributed by atoms with van der Waals surface area (Å²) >= 11 is 5.86. The molecule has 0 aromatic heterocycles. The predicted octanol–water partition coefficient (Wildman–Crippen LogP) is 1.34. The molecule has 1 heterocycles. The van der Waals surface area contributed by atoms with Crippen LogP contribution < -0.4 is 0 Å². The van der Waals surface area contributed by atoms with Gasteiger partial charge in [-0.2, -0.15) is 0 Å². The molecule has 2 nitrogen and oxygen atoms in total. The fourth-order valence-electron chi connectivity index (χ4n) is 1.70. The number of rotatable bonds is 3. The van der Waals surface area contributed by atoms with Crippen molar-refractivity contribution in [2.75, 3.05) is 32.2 Å². The summed E-state index contributed by atoms with van der Waals surface area (Å²) in [6.07, 6.45) is 2.85. The Morgan fingerprint density at radius 1 is 1.42 bits per heavy atom. The maximum absolute atomic E-state index is 5.86. The van der Waals surface area contributed by atoms with Crippen LogP contribution in [0.3, 0.4) is 0 Å². The van der Waals surface area contributed by atoms with E-state index in [1.165, 1.54) is 19.4 Å². The summed E-state index contributed by atoms with van der Waals surface area (Å²) in [7, 11) is 0. The second-order valence-electron chi connectivity index (χ2n) is 3.82. The minimum atomic E-state index is 0.473. The Morgan fingerprint density at radius 2 is 2.25 bits per heavy atom. The fourth-order valence-corrected chi connectivity index (χ4v) is 1.99. The first-order valence-electron chi connectivity index (χ1n) is 4.78. The molecule has 0 aromatic rings. The number of halogens is 1. The Morgan fingerprint density at radius 3 is 2.92 bits per heavy atom. The van der Waals surface area contributed by atoms with Gasteiger partial charge in [-0.25, -0.2) is 0 Å². The normalized spacial score (nSPS) is 32.2. The lowest BCUT2D eigenvalue weighted by Gasteiger charge is -2.34. The molecule has 0 aromatic carbocycles. The van der Waals surface area contributed by atoms with E-state index < -0.39 is 0 Å². The van der Waals surface area contributed by atoms with Gasteiger partial charge in [0.15, 0.2) is 0 Å². The van der Waals surface area contributed by atoms with Crippen LogP contribution >= 0.6 is 11.6 Å². The zero-order valence-corrected chi connectivity index (χ0v) is 8.09. The Balaban J connectivity index is 1.81. The molecule has 1 aliphatic heterocycles. The first-order chi connectivity index (χ1) is 5.90. The zero-order chi connectivity index (χ0) is 8.39. The highest BCUT2D eigenvalue weighted by atomic mass is 35.5. The average Bonchev–Trinajstić information content (AvgIpc) is 2.89. The number of hydrogen-bond acceptors (Lipinski definition) is 2. The van der Waals surface area contributed by atoms with E-state index in [1.807, 2.05) is 0 Å². The first kappa shape index (κ1) is 8.79. The standard InChI is InChI=1S/C9H16ClNO/c10-5-9-7-12-4-3-11(9)6-8-1-2-8/h8-9H,1-7H2. The van der Waals surface area contributed by atoms with Crippen LogP contribution in [0.15, 0.2) is 0 Å². The highest BCUT2D eigenvalue weighted by Crippen LogP contribution is 2.30. The van der Waals surface area contributed by atoms with Gasteiger partial charge in [-0.1, -0.05) is 0 Å². The van der Waals surface area contributed by atoms with Gasteiger partial charge >= 0.3 is 0 Å². The van der Waals surface area contributed by atoms with Crippen molar-refractivity contribution in [3.63, 3.8) is 0 Å². The van der Waals surface area contributed by atoms with Gasteiger partial charge in [0.2, 0.25) is 0 Å². The summed E-state index contributed by atoms with van der Waals surface area (Å²) in [4.78, 5) is 2.49. The van der Waals surface area contributed by atoms with Gasteiger partial charge in [0.1, 0.15) is 0 Å². The monoisotopic (exact) mass is 189 g/mol. The molecule has 2 fully saturated rings. The van der Waals surface area contributed by atoms with E-state index >= 15 is 0 Å². The molecule has 3 heteroatoms. The zero-order valence-electron chi connectivity index (χ0n) is 7.34. The average molecular weight is 190 g/mol. The number of morpholine rings is 1. The molecule has 0 bridgehead atoms.